The lowest BCUT2D eigenvalue weighted by molar-refractivity contribution is 1.56. The lowest BCUT2D eigenvalue weighted by atomic mass is 9.94. The minimum absolute atomic E-state index is 1.15. The Kier molecular flexibility index (Phi) is 4.31. The maximum Gasteiger partial charge on any atom is -0.00391 e. The predicted octanol–water partition coefficient (Wildman–Crippen LogP) is 6.17. The minimum Gasteiger partial charge on any atom is -0.0984 e. The molecule has 0 aromatic heterocycles. The average Bonchev–Trinajstić information content (AvgIpc) is 2.61. The Labute approximate surface area is 132 Å². The summed E-state index contributed by atoms with van der Waals surface area (Å²) >= 11 is 0. The largest absolute Gasteiger partial charge is 0.0984 e. The molecular weight excluding hydrogens is 264 g/mol. The second-order valence-electron chi connectivity index (χ2n) is 5.13. The van der Waals surface area contributed by atoms with E-state index in [1.165, 1.54) is 22.3 Å². The molecule has 0 aliphatic rings. The Morgan fingerprint density at radius 3 is 1.91 bits per heavy atom. The monoisotopic (exact) mass is 282 g/mol. The van der Waals surface area contributed by atoms with Crippen molar-refractivity contribution in [2.75, 3.05) is 0 Å². The smallest absolute Gasteiger partial charge is 0.00391 e. The van der Waals surface area contributed by atoms with Gasteiger partial charge < -0.3 is 0 Å². The number of hydrogen-bond acceptors (Lipinski definition) is 0. The van der Waals surface area contributed by atoms with Crippen LogP contribution in [0.4, 0.5) is 0 Å². The summed E-state index contributed by atoms with van der Waals surface area (Å²) < 4.78 is 0. The van der Waals surface area contributed by atoms with E-state index < -0.39 is 0 Å². The van der Waals surface area contributed by atoms with E-state index in [0.29, 0.717) is 0 Å². The van der Waals surface area contributed by atoms with E-state index in [9.17, 15) is 0 Å². The molecule has 3 rings (SSSR count). The van der Waals surface area contributed by atoms with Gasteiger partial charge in [0.1, 0.15) is 0 Å². The lowest BCUT2D eigenvalue weighted by Gasteiger charge is -2.10. The highest BCUT2D eigenvalue weighted by atomic mass is 14.1. The van der Waals surface area contributed by atoms with Gasteiger partial charge in [-0.2, -0.15) is 0 Å². The lowest BCUT2D eigenvalue weighted by Crippen LogP contribution is -1.87. The number of hydrogen-bond donors (Lipinski definition) is 0. The quantitative estimate of drug-likeness (QED) is 0.502. The highest BCUT2D eigenvalue weighted by Crippen LogP contribution is 2.30. The van der Waals surface area contributed by atoms with Gasteiger partial charge in [0.2, 0.25) is 0 Å². The van der Waals surface area contributed by atoms with Gasteiger partial charge in [-0.3, -0.25) is 0 Å². The molecule has 106 valence electrons. The third-order valence-corrected chi connectivity index (χ3v) is 3.67. The molecule has 0 spiro atoms. The zero-order valence-electron chi connectivity index (χ0n) is 12.4. The SMILES string of the molecule is C=Cc1cccc(C=Cc2ccccc2)c1-c1ccccc1. The number of benzene rings is 3. The summed E-state index contributed by atoms with van der Waals surface area (Å²) in [6, 6.07) is 27.1. The first-order valence-corrected chi connectivity index (χ1v) is 7.42. The van der Waals surface area contributed by atoms with Crippen molar-refractivity contribution in [3.63, 3.8) is 0 Å². The van der Waals surface area contributed by atoms with E-state index in [1.54, 1.807) is 0 Å². The molecule has 0 saturated carbocycles. The van der Waals surface area contributed by atoms with Crippen molar-refractivity contribution in [2.24, 2.45) is 0 Å². The maximum atomic E-state index is 3.95. The third kappa shape index (κ3) is 3.07. The van der Waals surface area contributed by atoms with Crippen molar-refractivity contribution in [1.29, 1.82) is 0 Å². The molecule has 22 heavy (non-hydrogen) atoms. The van der Waals surface area contributed by atoms with E-state index in [2.05, 4.69) is 85.5 Å². The van der Waals surface area contributed by atoms with E-state index in [0.717, 1.165) is 5.56 Å². The van der Waals surface area contributed by atoms with Crippen molar-refractivity contribution < 1.29 is 0 Å². The van der Waals surface area contributed by atoms with Crippen LogP contribution in [0.2, 0.25) is 0 Å². The first kappa shape index (κ1) is 14.1. The molecule has 0 N–H and O–H groups in total. The van der Waals surface area contributed by atoms with Crippen molar-refractivity contribution in [3.05, 3.63) is 102 Å². The summed E-state index contributed by atoms with van der Waals surface area (Å²) in [4.78, 5) is 0. The molecule has 0 aliphatic carbocycles. The number of rotatable bonds is 4. The molecule has 0 saturated heterocycles. The average molecular weight is 282 g/mol. The Morgan fingerprint density at radius 1 is 0.591 bits per heavy atom. The second-order valence-corrected chi connectivity index (χ2v) is 5.13. The van der Waals surface area contributed by atoms with Gasteiger partial charge in [-0.25, -0.2) is 0 Å². The molecule has 0 amide bonds. The molecule has 0 heterocycles. The molecule has 0 nitrogen and oxygen atoms in total. The molecule has 3 aromatic carbocycles. The van der Waals surface area contributed by atoms with Gasteiger partial charge in [0, 0.05) is 0 Å². The molecule has 0 radical (unpaired) electrons. The van der Waals surface area contributed by atoms with Crippen LogP contribution >= 0.6 is 0 Å². The molecule has 0 atom stereocenters. The molecule has 3 aromatic rings. The summed E-state index contributed by atoms with van der Waals surface area (Å²) in [5, 5.41) is 0. The maximum absolute atomic E-state index is 3.95. The van der Waals surface area contributed by atoms with Crippen molar-refractivity contribution >= 4 is 18.2 Å². The summed E-state index contributed by atoms with van der Waals surface area (Å²) in [7, 11) is 0. The van der Waals surface area contributed by atoms with Gasteiger partial charge in [0.15, 0.2) is 0 Å². The third-order valence-electron chi connectivity index (χ3n) is 3.67. The summed E-state index contributed by atoms with van der Waals surface area (Å²) in [6.45, 7) is 3.95. The predicted molar refractivity (Wildman–Crippen MR) is 97.3 cm³/mol. The van der Waals surface area contributed by atoms with Crippen LogP contribution in [0.15, 0.2) is 85.4 Å². The summed E-state index contributed by atoms with van der Waals surface area (Å²) in [5.41, 5.74) is 6.00. The van der Waals surface area contributed by atoms with Crippen molar-refractivity contribution in [1.82, 2.24) is 0 Å². The first-order valence-electron chi connectivity index (χ1n) is 7.42. The van der Waals surface area contributed by atoms with Crippen LogP contribution < -0.4 is 0 Å². The van der Waals surface area contributed by atoms with Crippen molar-refractivity contribution in [3.8, 4) is 11.1 Å². The van der Waals surface area contributed by atoms with Gasteiger partial charge in [-0.05, 0) is 27.8 Å². The van der Waals surface area contributed by atoms with E-state index in [4.69, 9.17) is 0 Å². The zero-order chi connectivity index (χ0) is 15.2. The van der Waals surface area contributed by atoms with Crippen LogP contribution in [0, 0.1) is 0 Å². The van der Waals surface area contributed by atoms with E-state index in [-0.39, 0.29) is 0 Å². The fourth-order valence-corrected chi connectivity index (χ4v) is 2.59. The van der Waals surface area contributed by atoms with E-state index in [1.807, 2.05) is 18.2 Å². The molecule has 0 fully saturated rings. The Bertz CT molecular complexity index is 781. The topological polar surface area (TPSA) is 0 Å². The Balaban J connectivity index is 2.08. The van der Waals surface area contributed by atoms with Crippen LogP contribution in [-0.4, -0.2) is 0 Å². The first-order chi connectivity index (χ1) is 10.9. The van der Waals surface area contributed by atoms with Crippen LogP contribution in [0.25, 0.3) is 29.4 Å². The van der Waals surface area contributed by atoms with Gasteiger partial charge >= 0.3 is 0 Å². The van der Waals surface area contributed by atoms with Gasteiger partial charge in [0.05, 0.1) is 0 Å². The summed E-state index contributed by atoms with van der Waals surface area (Å²) in [6.07, 6.45) is 6.24. The minimum atomic E-state index is 1.15. The van der Waals surface area contributed by atoms with Crippen LogP contribution in [-0.2, 0) is 0 Å². The van der Waals surface area contributed by atoms with Gasteiger partial charge in [0.25, 0.3) is 0 Å². The van der Waals surface area contributed by atoms with Crippen LogP contribution in [0.1, 0.15) is 16.7 Å². The normalized spacial score (nSPS) is 10.7. The van der Waals surface area contributed by atoms with E-state index >= 15 is 0 Å². The fourth-order valence-electron chi connectivity index (χ4n) is 2.59. The van der Waals surface area contributed by atoms with Gasteiger partial charge in [-0.15, -0.1) is 0 Å². The fraction of sp³-hybridized carbons (Fsp3) is 0. The molecule has 0 aliphatic heterocycles. The van der Waals surface area contributed by atoms with Crippen molar-refractivity contribution in [2.45, 2.75) is 0 Å². The van der Waals surface area contributed by atoms with Gasteiger partial charge in [-0.1, -0.05) is 104 Å². The zero-order valence-corrected chi connectivity index (χ0v) is 12.4. The molecule has 0 unspecified atom stereocenters. The summed E-state index contributed by atoms with van der Waals surface area (Å²) in [5.74, 6) is 0. The van der Waals surface area contributed by atoms with Crippen LogP contribution in [0.3, 0.4) is 0 Å². The molecule has 0 bridgehead atoms. The Hall–Kier alpha value is -2.86. The Morgan fingerprint density at radius 2 is 1.23 bits per heavy atom. The standard InChI is InChI=1S/C22H18/c1-2-19-14-9-15-21(17-16-18-10-5-3-6-11-18)22(19)20-12-7-4-8-13-20/h2-17H,1H2. The van der Waals surface area contributed by atoms with Crippen LogP contribution in [0.5, 0.6) is 0 Å². The highest BCUT2D eigenvalue weighted by Gasteiger charge is 2.06. The highest BCUT2D eigenvalue weighted by molar-refractivity contribution is 5.86. The second kappa shape index (κ2) is 6.73. The molecule has 0 heteroatoms. The molecular formula is C22H18.